The molecule has 0 saturated carbocycles. The zero-order valence-electron chi connectivity index (χ0n) is 12.9. The highest BCUT2D eigenvalue weighted by Crippen LogP contribution is 2.23. The summed E-state index contributed by atoms with van der Waals surface area (Å²) in [6, 6.07) is 7.11. The normalized spacial score (nSPS) is 18.6. The number of nitrogens with zero attached hydrogens (tertiary/aromatic N) is 1. The van der Waals surface area contributed by atoms with Gasteiger partial charge < -0.3 is 15.4 Å². The number of benzene rings is 1. The Hall–Kier alpha value is -2.28. The molecule has 0 aliphatic carbocycles. The first kappa shape index (κ1) is 17.1. The van der Waals surface area contributed by atoms with Crippen molar-refractivity contribution in [3.63, 3.8) is 0 Å². The summed E-state index contributed by atoms with van der Waals surface area (Å²) in [7, 11) is 0. The first-order valence-electron chi connectivity index (χ1n) is 7.28. The Morgan fingerprint density at radius 1 is 1.48 bits per heavy atom. The predicted octanol–water partition coefficient (Wildman–Crippen LogP) is 2.19. The highest BCUT2D eigenvalue weighted by Gasteiger charge is 2.31. The number of aliphatic imine (C=N–C) groups is 1. The van der Waals surface area contributed by atoms with Crippen molar-refractivity contribution in [2.75, 3.05) is 18.5 Å². The number of anilines is 1. The first-order chi connectivity index (χ1) is 11.1. The maximum absolute atomic E-state index is 12.1. The molecule has 122 valence electrons. The molecule has 1 atom stereocenters. The van der Waals surface area contributed by atoms with Gasteiger partial charge in [-0.3, -0.25) is 14.6 Å². The van der Waals surface area contributed by atoms with Crippen LogP contribution < -0.4 is 15.4 Å². The summed E-state index contributed by atoms with van der Waals surface area (Å²) in [4.78, 5) is 28.0. The lowest BCUT2D eigenvalue weighted by Crippen LogP contribution is -2.28. The molecule has 1 aromatic carbocycles. The largest absolute Gasteiger partial charge is 0.494 e. The fourth-order valence-electron chi connectivity index (χ4n) is 1.94. The first-order valence-corrected chi connectivity index (χ1v) is 8.16. The number of amides is 2. The Morgan fingerprint density at radius 2 is 2.22 bits per heavy atom. The van der Waals surface area contributed by atoms with Gasteiger partial charge in [0.15, 0.2) is 5.17 Å². The van der Waals surface area contributed by atoms with Crippen LogP contribution in [0.25, 0.3) is 0 Å². The molecule has 2 amide bonds. The maximum Gasteiger partial charge on any atom is 0.240 e. The Bertz CT molecular complexity index is 614. The third-order valence-electron chi connectivity index (χ3n) is 2.96. The molecule has 2 rings (SSSR count). The fourth-order valence-corrected chi connectivity index (χ4v) is 2.92. The van der Waals surface area contributed by atoms with Gasteiger partial charge in [0.25, 0.3) is 0 Å². The number of carbonyl (C=O) groups excluding carboxylic acids is 2. The van der Waals surface area contributed by atoms with Crippen LogP contribution in [0.4, 0.5) is 5.69 Å². The molecule has 0 spiro atoms. The monoisotopic (exact) mass is 333 g/mol. The van der Waals surface area contributed by atoms with Crippen LogP contribution in [0.1, 0.15) is 13.3 Å². The van der Waals surface area contributed by atoms with E-state index < -0.39 is 5.25 Å². The van der Waals surface area contributed by atoms with E-state index >= 15 is 0 Å². The van der Waals surface area contributed by atoms with Crippen molar-refractivity contribution in [3.05, 3.63) is 36.9 Å². The van der Waals surface area contributed by atoms with Crippen LogP contribution in [-0.2, 0) is 9.59 Å². The topological polar surface area (TPSA) is 79.8 Å². The van der Waals surface area contributed by atoms with Crippen LogP contribution >= 0.6 is 11.8 Å². The number of hydrogen-bond acceptors (Lipinski definition) is 5. The van der Waals surface area contributed by atoms with E-state index in [0.717, 1.165) is 5.75 Å². The van der Waals surface area contributed by atoms with E-state index in [1.165, 1.54) is 11.8 Å². The Balaban J connectivity index is 1.87. The van der Waals surface area contributed by atoms with Crippen molar-refractivity contribution >= 4 is 34.4 Å². The Labute approximate surface area is 139 Å². The lowest BCUT2D eigenvalue weighted by molar-refractivity contribution is -0.122. The third-order valence-corrected chi connectivity index (χ3v) is 4.08. The van der Waals surface area contributed by atoms with E-state index in [1.54, 1.807) is 30.3 Å². The molecule has 2 N–H and O–H groups in total. The fraction of sp³-hybridized carbons (Fsp3) is 0.312. The van der Waals surface area contributed by atoms with Gasteiger partial charge in [-0.25, -0.2) is 0 Å². The number of hydrogen-bond donors (Lipinski definition) is 2. The van der Waals surface area contributed by atoms with Crippen molar-refractivity contribution in [2.24, 2.45) is 4.99 Å². The summed E-state index contributed by atoms with van der Waals surface area (Å²) in [5, 5.41) is 5.51. The summed E-state index contributed by atoms with van der Waals surface area (Å²) >= 11 is 1.27. The molecule has 0 aromatic heterocycles. The molecule has 1 aliphatic heterocycles. The molecular formula is C16H19N3O3S. The van der Waals surface area contributed by atoms with Crippen molar-refractivity contribution in [1.29, 1.82) is 0 Å². The highest BCUT2D eigenvalue weighted by molar-refractivity contribution is 8.15. The minimum atomic E-state index is -0.457. The van der Waals surface area contributed by atoms with E-state index in [1.807, 2.05) is 6.92 Å². The number of carbonyl (C=O) groups is 2. The van der Waals surface area contributed by atoms with E-state index in [0.29, 0.717) is 24.0 Å². The lowest BCUT2D eigenvalue weighted by atomic mass is 10.2. The van der Waals surface area contributed by atoms with Crippen molar-refractivity contribution in [3.8, 4) is 5.75 Å². The zero-order valence-corrected chi connectivity index (χ0v) is 13.7. The van der Waals surface area contributed by atoms with Crippen LogP contribution in [0, 0.1) is 0 Å². The smallest absolute Gasteiger partial charge is 0.240 e. The summed E-state index contributed by atoms with van der Waals surface area (Å²) in [6.45, 7) is 6.51. The number of ether oxygens (including phenoxy) is 1. The molecule has 7 heteroatoms. The van der Waals surface area contributed by atoms with Crippen LogP contribution in [0.5, 0.6) is 5.75 Å². The third kappa shape index (κ3) is 5.14. The van der Waals surface area contributed by atoms with Crippen molar-refractivity contribution in [1.82, 2.24) is 5.32 Å². The van der Waals surface area contributed by atoms with Gasteiger partial charge in [-0.05, 0) is 31.2 Å². The van der Waals surface area contributed by atoms with E-state index in [4.69, 9.17) is 4.74 Å². The molecule has 23 heavy (non-hydrogen) atoms. The number of nitrogens with one attached hydrogen (secondary N) is 2. The second-order valence-electron chi connectivity index (χ2n) is 4.74. The summed E-state index contributed by atoms with van der Waals surface area (Å²) in [5.74, 6) is 0.339. The molecule has 1 saturated heterocycles. The molecule has 0 radical (unpaired) electrons. The van der Waals surface area contributed by atoms with Gasteiger partial charge in [0.2, 0.25) is 11.8 Å². The second kappa shape index (κ2) is 8.38. The SMILES string of the molecule is C=CCN=C1NC(=O)[C@H](CC(=O)Nc2ccc(OCC)cc2)S1. The van der Waals surface area contributed by atoms with Gasteiger partial charge in [0.1, 0.15) is 11.0 Å². The maximum atomic E-state index is 12.1. The van der Waals surface area contributed by atoms with Crippen molar-refractivity contribution in [2.45, 2.75) is 18.6 Å². The van der Waals surface area contributed by atoms with Crippen LogP contribution in [-0.4, -0.2) is 35.4 Å². The van der Waals surface area contributed by atoms with Crippen LogP contribution in [0.2, 0.25) is 0 Å². The quantitative estimate of drug-likeness (QED) is 0.750. The van der Waals surface area contributed by atoms with E-state index in [9.17, 15) is 9.59 Å². The lowest BCUT2D eigenvalue weighted by Gasteiger charge is -2.08. The Morgan fingerprint density at radius 3 is 2.87 bits per heavy atom. The van der Waals surface area contributed by atoms with E-state index in [2.05, 4.69) is 22.2 Å². The van der Waals surface area contributed by atoms with Crippen molar-refractivity contribution < 1.29 is 14.3 Å². The minimum Gasteiger partial charge on any atom is -0.494 e. The molecule has 6 nitrogen and oxygen atoms in total. The molecular weight excluding hydrogens is 314 g/mol. The van der Waals surface area contributed by atoms with Gasteiger partial charge in [0, 0.05) is 12.1 Å². The van der Waals surface area contributed by atoms with Crippen LogP contribution in [0.3, 0.4) is 0 Å². The van der Waals surface area contributed by atoms with Crippen LogP contribution in [0.15, 0.2) is 41.9 Å². The molecule has 1 aliphatic rings. The molecule has 0 unspecified atom stereocenters. The molecule has 0 bridgehead atoms. The van der Waals surface area contributed by atoms with Gasteiger partial charge in [-0.15, -0.1) is 6.58 Å². The average molecular weight is 333 g/mol. The van der Waals surface area contributed by atoms with E-state index in [-0.39, 0.29) is 18.2 Å². The highest BCUT2D eigenvalue weighted by atomic mass is 32.2. The predicted molar refractivity (Wildman–Crippen MR) is 92.9 cm³/mol. The summed E-state index contributed by atoms with van der Waals surface area (Å²) in [6.07, 6.45) is 1.74. The molecule has 1 heterocycles. The van der Waals surface area contributed by atoms with Gasteiger partial charge in [0.05, 0.1) is 13.2 Å². The summed E-state index contributed by atoms with van der Waals surface area (Å²) in [5.41, 5.74) is 0.669. The molecule has 1 aromatic rings. The Kier molecular flexibility index (Phi) is 6.22. The van der Waals surface area contributed by atoms with Gasteiger partial charge in [-0.2, -0.15) is 0 Å². The second-order valence-corrected chi connectivity index (χ2v) is 5.93. The standard InChI is InChI=1S/C16H19N3O3S/c1-3-9-17-16-19-15(21)13(23-16)10-14(20)18-11-5-7-12(8-6-11)22-4-2/h3,5-8,13H,1,4,9-10H2,2H3,(H,18,20)(H,17,19,21)/t13-/m0/s1. The average Bonchev–Trinajstić information content (AvgIpc) is 2.87. The number of rotatable bonds is 7. The van der Waals surface area contributed by atoms with Gasteiger partial charge >= 0.3 is 0 Å². The number of amidine groups is 1. The number of thioether (sulfide) groups is 1. The molecule has 1 fully saturated rings. The minimum absolute atomic E-state index is 0.0941. The summed E-state index contributed by atoms with van der Waals surface area (Å²) < 4.78 is 5.34. The zero-order chi connectivity index (χ0) is 16.7. The van der Waals surface area contributed by atoms with Gasteiger partial charge in [-0.1, -0.05) is 17.8 Å².